The van der Waals surface area contributed by atoms with Gasteiger partial charge in [0.05, 0.1) is 7.11 Å². The fraction of sp³-hybridized carbons (Fsp3) is 0.385. The van der Waals surface area contributed by atoms with Crippen LogP contribution >= 0.6 is 0 Å². The maximum absolute atomic E-state index is 13.7. The number of hydrogen-bond donors (Lipinski definition) is 4. The number of likely N-dealkylation sites (N-methyl/N-ethyl adjacent to an activating group) is 1. The fourth-order valence-corrected chi connectivity index (χ4v) is 3.46. The summed E-state index contributed by atoms with van der Waals surface area (Å²) >= 11 is 0. The third kappa shape index (κ3) is 9.02. The number of methoxy groups -OCH3 is 1. The zero-order valence-corrected chi connectivity index (χ0v) is 21.5. The number of nitrogens with one attached hydrogen (secondary N) is 2. The van der Waals surface area contributed by atoms with Crippen LogP contribution in [0.4, 0.5) is 4.79 Å². The molecule has 0 aromatic heterocycles. The smallest absolute Gasteiger partial charge is 0.408 e. The van der Waals surface area contributed by atoms with E-state index in [0.29, 0.717) is 5.56 Å². The summed E-state index contributed by atoms with van der Waals surface area (Å²) in [4.78, 5) is 52.0. The van der Waals surface area contributed by atoms with Gasteiger partial charge >= 0.3 is 12.1 Å². The average Bonchev–Trinajstić information content (AvgIpc) is 2.82. The molecule has 37 heavy (non-hydrogen) atoms. The maximum Gasteiger partial charge on any atom is 0.408 e. The number of carbonyl (C=O) groups is 4. The van der Waals surface area contributed by atoms with E-state index in [1.807, 2.05) is 0 Å². The third-order valence-electron chi connectivity index (χ3n) is 5.17. The number of nitrogens with zero attached hydrogens (tertiary/aromatic N) is 1. The molecule has 2 rings (SSSR count). The maximum atomic E-state index is 13.7. The zero-order chi connectivity index (χ0) is 27.8. The molecule has 2 aromatic carbocycles. The van der Waals surface area contributed by atoms with Gasteiger partial charge in [0.1, 0.15) is 35.7 Å². The highest BCUT2D eigenvalue weighted by Crippen LogP contribution is 2.25. The number of esters is 1. The molecule has 2 unspecified atom stereocenters. The van der Waals surface area contributed by atoms with Gasteiger partial charge in [0, 0.05) is 13.5 Å². The Morgan fingerprint density at radius 3 is 2.22 bits per heavy atom. The predicted molar refractivity (Wildman–Crippen MR) is 134 cm³/mol. The molecule has 4 N–H and O–H groups in total. The molecule has 0 aliphatic rings. The van der Waals surface area contributed by atoms with Crippen LogP contribution in [0.1, 0.15) is 37.9 Å². The van der Waals surface area contributed by atoms with Crippen molar-refractivity contribution in [3.05, 3.63) is 59.7 Å². The Labute approximate surface area is 215 Å². The van der Waals surface area contributed by atoms with Gasteiger partial charge in [-0.25, -0.2) is 4.79 Å². The molecular weight excluding hydrogens is 482 g/mol. The number of phenolic OH excluding ortho intramolecular Hbond substituents is 2. The van der Waals surface area contributed by atoms with Gasteiger partial charge in [-0.2, -0.15) is 0 Å². The molecular formula is C26H33N3O8. The molecule has 0 radical (unpaired) electrons. The Hall–Kier alpha value is -4.28. The number of benzene rings is 2. The van der Waals surface area contributed by atoms with Gasteiger partial charge in [0.15, 0.2) is 0 Å². The predicted octanol–water partition coefficient (Wildman–Crippen LogP) is 2.02. The molecule has 0 aliphatic heterocycles. The molecule has 200 valence electrons. The van der Waals surface area contributed by atoms with Crippen LogP contribution in [-0.2, 0) is 30.3 Å². The average molecular weight is 516 g/mol. The van der Waals surface area contributed by atoms with Crippen LogP contribution in [-0.4, -0.2) is 71.3 Å². The summed E-state index contributed by atoms with van der Waals surface area (Å²) < 4.78 is 9.87. The second-order valence-corrected chi connectivity index (χ2v) is 9.31. The van der Waals surface area contributed by atoms with E-state index in [1.54, 1.807) is 39.0 Å². The first-order chi connectivity index (χ1) is 17.3. The van der Waals surface area contributed by atoms with Gasteiger partial charge in [0.25, 0.3) is 0 Å². The third-order valence-corrected chi connectivity index (χ3v) is 5.17. The van der Waals surface area contributed by atoms with E-state index in [2.05, 4.69) is 15.4 Å². The van der Waals surface area contributed by atoms with Gasteiger partial charge in [-0.15, -0.1) is 0 Å². The summed E-state index contributed by atoms with van der Waals surface area (Å²) in [5.74, 6) is -2.12. The van der Waals surface area contributed by atoms with Crippen molar-refractivity contribution in [1.82, 2.24) is 15.5 Å². The first-order valence-corrected chi connectivity index (χ1v) is 11.5. The zero-order valence-electron chi connectivity index (χ0n) is 21.5. The lowest BCUT2D eigenvalue weighted by molar-refractivity contribution is -0.143. The van der Waals surface area contributed by atoms with Crippen LogP contribution in [0.25, 0.3) is 0 Å². The summed E-state index contributed by atoms with van der Waals surface area (Å²) in [5.41, 5.74) is 0.0866. The van der Waals surface area contributed by atoms with Gasteiger partial charge in [-0.3, -0.25) is 14.4 Å². The van der Waals surface area contributed by atoms with E-state index in [1.165, 1.54) is 44.5 Å². The highest BCUT2D eigenvalue weighted by Gasteiger charge is 2.34. The first-order valence-electron chi connectivity index (χ1n) is 11.5. The van der Waals surface area contributed by atoms with E-state index < -0.39 is 48.1 Å². The van der Waals surface area contributed by atoms with Gasteiger partial charge < -0.3 is 35.2 Å². The number of amides is 3. The standard InChI is InChI=1S/C26H33N3O8/c1-26(2,3)37-25(35)28-20(13-16-9-11-18(30)12-10-16)24(34)29(4)22(17-7-6-8-19(31)14-17)23(33)27-15-21(32)36-5/h6-12,14,20,22,30-31H,13,15H2,1-5H3,(H,27,33)(H,28,35). The van der Waals surface area contributed by atoms with E-state index >= 15 is 0 Å². The van der Waals surface area contributed by atoms with Gasteiger partial charge in [0.2, 0.25) is 11.8 Å². The summed E-state index contributed by atoms with van der Waals surface area (Å²) in [5, 5.41) is 24.5. The number of ether oxygens (including phenoxy) is 2. The van der Waals surface area contributed by atoms with Crippen LogP contribution in [0.3, 0.4) is 0 Å². The monoisotopic (exact) mass is 515 g/mol. The molecule has 0 heterocycles. The molecule has 0 saturated carbocycles. The van der Waals surface area contributed by atoms with E-state index in [9.17, 15) is 29.4 Å². The van der Waals surface area contributed by atoms with E-state index in [0.717, 1.165) is 4.90 Å². The normalized spacial score (nSPS) is 12.6. The minimum absolute atomic E-state index is 0.0270. The highest BCUT2D eigenvalue weighted by atomic mass is 16.6. The Bertz CT molecular complexity index is 1110. The second kappa shape index (κ2) is 12.6. The lowest BCUT2D eigenvalue weighted by Gasteiger charge is -2.31. The molecule has 0 bridgehead atoms. The van der Waals surface area contributed by atoms with Crippen molar-refractivity contribution in [3.8, 4) is 11.5 Å². The van der Waals surface area contributed by atoms with Crippen LogP contribution in [0, 0.1) is 0 Å². The van der Waals surface area contributed by atoms with Crippen molar-refractivity contribution in [3.63, 3.8) is 0 Å². The quantitative estimate of drug-likeness (QED) is 0.370. The SMILES string of the molecule is COC(=O)CNC(=O)C(c1cccc(O)c1)N(C)C(=O)C(Cc1ccc(O)cc1)NC(=O)OC(C)(C)C. The minimum Gasteiger partial charge on any atom is -0.508 e. The van der Waals surface area contributed by atoms with Crippen LogP contribution in [0.2, 0.25) is 0 Å². The van der Waals surface area contributed by atoms with E-state index in [-0.39, 0.29) is 23.5 Å². The minimum atomic E-state index is -1.26. The number of rotatable bonds is 9. The first kappa shape index (κ1) is 29.0. The van der Waals surface area contributed by atoms with Crippen molar-refractivity contribution >= 4 is 23.9 Å². The van der Waals surface area contributed by atoms with Crippen molar-refractivity contribution in [2.45, 2.75) is 44.9 Å². The van der Waals surface area contributed by atoms with Crippen molar-refractivity contribution < 1.29 is 38.9 Å². The Morgan fingerprint density at radius 1 is 1.00 bits per heavy atom. The summed E-state index contributed by atoms with van der Waals surface area (Å²) in [6.07, 6.45) is -0.804. The number of alkyl carbamates (subject to hydrolysis) is 1. The fourth-order valence-electron chi connectivity index (χ4n) is 3.46. The largest absolute Gasteiger partial charge is 0.508 e. The number of carbonyl (C=O) groups excluding carboxylic acids is 4. The van der Waals surface area contributed by atoms with E-state index in [4.69, 9.17) is 4.74 Å². The summed E-state index contributed by atoms with van der Waals surface area (Å²) in [6, 6.07) is 9.47. The van der Waals surface area contributed by atoms with Crippen LogP contribution in [0.5, 0.6) is 11.5 Å². The van der Waals surface area contributed by atoms with Crippen LogP contribution < -0.4 is 10.6 Å². The van der Waals surface area contributed by atoms with Gasteiger partial charge in [-0.05, 0) is 56.2 Å². The molecule has 0 fully saturated rings. The molecule has 0 saturated heterocycles. The Kier molecular flexibility index (Phi) is 9.87. The molecule has 0 aliphatic carbocycles. The topological polar surface area (TPSA) is 154 Å². The molecule has 11 nitrogen and oxygen atoms in total. The molecule has 0 spiro atoms. The number of aromatic hydroxyl groups is 2. The molecule has 2 atom stereocenters. The number of phenols is 2. The Morgan fingerprint density at radius 2 is 1.65 bits per heavy atom. The Balaban J connectivity index is 2.40. The van der Waals surface area contributed by atoms with Crippen LogP contribution in [0.15, 0.2) is 48.5 Å². The molecule has 3 amide bonds. The molecule has 11 heteroatoms. The lowest BCUT2D eigenvalue weighted by Crippen LogP contribution is -2.52. The van der Waals surface area contributed by atoms with Gasteiger partial charge in [-0.1, -0.05) is 24.3 Å². The highest BCUT2D eigenvalue weighted by molar-refractivity contribution is 5.93. The van der Waals surface area contributed by atoms with Crippen molar-refractivity contribution in [2.24, 2.45) is 0 Å². The second-order valence-electron chi connectivity index (χ2n) is 9.31. The van der Waals surface area contributed by atoms with Crippen molar-refractivity contribution in [2.75, 3.05) is 20.7 Å². The number of hydrogen-bond acceptors (Lipinski definition) is 8. The summed E-state index contributed by atoms with van der Waals surface area (Å²) in [6.45, 7) is 4.61. The lowest BCUT2D eigenvalue weighted by atomic mass is 10.0. The van der Waals surface area contributed by atoms with Crippen molar-refractivity contribution in [1.29, 1.82) is 0 Å². The summed E-state index contributed by atoms with van der Waals surface area (Å²) in [7, 11) is 2.54. The molecule has 2 aromatic rings.